The van der Waals surface area contributed by atoms with Gasteiger partial charge in [-0.05, 0) is 31.4 Å². The van der Waals surface area contributed by atoms with Gasteiger partial charge in [-0.15, -0.1) is 0 Å². The molecule has 6 heteroatoms. The smallest absolute Gasteiger partial charge is 0.161 e. The Bertz CT molecular complexity index is 711. The molecule has 2 aliphatic heterocycles. The standard InChI is InChI=1S/C16H18N4OS/c21-22-9-6-13-14(22)11-18-16(19-13)12-4-5-15(17-10-12)20-7-2-1-3-8-20/h4-5,10-11H,1-3,6-9H2. The molecule has 1 saturated heterocycles. The van der Waals surface area contributed by atoms with Gasteiger partial charge in [-0.25, -0.2) is 15.0 Å². The van der Waals surface area contributed by atoms with Crippen molar-refractivity contribution in [1.82, 2.24) is 15.0 Å². The molecule has 2 aliphatic rings. The largest absolute Gasteiger partial charge is 0.357 e. The number of fused-ring (bicyclic) bond motifs is 1. The molecule has 22 heavy (non-hydrogen) atoms. The normalized spacial score (nSPS) is 20.9. The van der Waals surface area contributed by atoms with Crippen LogP contribution in [0, 0.1) is 0 Å². The van der Waals surface area contributed by atoms with Crippen molar-refractivity contribution in [3.05, 3.63) is 30.2 Å². The summed E-state index contributed by atoms with van der Waals surface area (Å²) in [6.45, 7) is 2.18. The van der Waals surface area contributed by atoms with Crippen LogP contribution in [0.25, 0.3) is 11.4 Å². The highest BCUT2D eigenvalue weighted by Gasteiger charge is 2.21. The van der Waals surface area contributed by atoms with Crippen LogP contribution in [0.3, 0.4) is 0 Å². The molecule has 1 fully saturated rings. The van der Waals surface area contributed by atoms with Gasteiger partial charge in [0.25, 0.3) is 0 Å². The lowest BCUT2D eigenvalue weighted by Gasteiger charge is -2.27. The molecule has 0 bridgehead atoms. The number of anilines is 1. The number of pyridine rings is 1. The minimum Gasteiger partial charge on any atom is -0.357 e. The third-order valence-electron chi connectivity index (χ3n) is 4.29. The van der Waals surface area contributed by atoms with Crippen molar-refractivity contribution in [3.8, 4) is 11.4 Å². The number of aromatic nitrogens is 3. The van der Waals surface area contributed by atoms with Crippen LogP contribution in [-0.4, -0.2) is 38.0 Å². The maximum absolute atomic E-state index is 11.7. The third kappa shape index (κ3) is 2.52. The van der Waals surface area contributed by atoms with Gasteiger partial charge in [0.15, 0.2) is 5.82 Å². The third-order valence-corrected chi connectivity index (χ3v) is 5.69. The summed E-state index contributed by atoms with van der Waals surface area (Å²) in [7, 11) is -0.917. The zero-order chi connectivity index (χ0) is 14.9. The van der Waals surface area contributed by atoms with E-state index >= 15 is 0 Å². The molecule has 0 amide bonds. The van der Waals surface area contributed by atoms with Crippen molar-refractivity contribution < 1.29 is 4.21 Å². The number of hydrogen-bond acceptors (Lipinski definition) is 5. The SMILES string of the molecule is O=S1CCc2nc(-c3ccc(N4CCCCC4)nc3)ncc21. The Balaban J connectivity index is 1.59. The second-order valence-corrected chi connectivity index (χ2v) is 7.30. The molecule has 0 aromatic carbocycles. The molecule has 0 N–H and O–H groups in total. The number of piperidine rings is 1. The zero-order valence-corrected chi connectivity index (χ0v) is 13.2. The maximum atomic E-state index is 11.7. The first kappa shape index (κ1) is 13.8. The molecule has 5 nitrogen and oxygen atoms in total. The lowest BCUT2D eigenvalue weighted by Crippen LogP contribution is -2.29. The topological polar surface area (TPSA) is 59.0 Å². The predicted molar refractivity (Wildman–Crippen MR) is 86.3 cm³/mol. The van der Waals surface area contributed by atoms with E-state index in [0.29, 0.717) is 11.6 Å². The van der Waals surface area contributed by atoms with E-state index in [0.717, 1.165) is 41.5 Å². The lowest BCUT2D eigenvalue weighted by molar-refractivity contribution is 0.573. The second-order valence-electron chi connectivity index (χ2n) is 5.76. The van der Waals surface area contributed by atoms with E-state index in [1.54, 1.807) is 6.20 Å². The molecule has 0 spiro atoms. The van der Waals surface area contributed by atoms with Crippen molar-refractivity contribution in [2.75, 3.05) is 23.7 Å². The van der Waals surface area contributed by atoms with E-state index < -0.39 is 10.8 Å². The van der Waals surface area contributed by atoms with Crippen molar-refractivity contribution in [2.45, 2.75) is 30.6 Å². The first-order valence-electron chi connectivity index (χ1n) is 7.77. The second kappa shape index (κ2) is 5.76. The van der Waals surface area contributed by atoms with Gasteiger partial charge in [0.1, 0.15) is 5.82 Å². The Hall–Kier alpha value is -1.82. The van der Waals surface area contributed by atoms with Crippen molar-refractivity contribution >= 4 is 16.6 Å². The van der Waals surface area contributed by atoms with Crippen LogP contribution in [0.2, 0.25) is 0 Å². The van der Waals surface area contributed by atoms with Crippen LogP contribution in [0.15, 0.2) is 29.4 Å². The van der Waals surface area contributed by atoms with Crippen molar-refractivity contribution in [2.24, 2.45) is 0 Å². The molecule has 4 rings (SSSR count). The Morgan fingerprint density at radius 3 is 2.68 bits per heavy atom. The lowest BCUT2D eigenvalue weighted by atomic mass is 10.1. The fourth-order valence-corrected chi connectivity index (χ4v) is 4.22. The summed E-state index contributed by atoms with van der Waals surface area (Å²) in [5, 5.41) is 0. The number of hydrogen-bond donors (Lipinski definition) is 0. The minimum absolute atomic E-state index is 0.666. The summed E-state index contributed by atoms with van der Waals surface area (Å²) in [6.07, 6.45) is 8.13. The maximum Gasteiger partial charge on any atom is 0.161 e. The number of nitrogens with zero attached hydrogens (tertiary/aromatic N) is 4. The molecule has 2 aromatic heterocycles. The van der Waals surface area contributed by atoms with Crippen LogP contribution in [0.1, 0.15) is 25.0 Å². The Labute approximate surface area is 132 Å². The van der Waals surface area contributed by atoms with Gasteiger partial charge in [0.05, 0.1) is 21.4 Å². The summed E-state index contributed by atoms with van der Waals surface area (Å²) < 4.78 is 11.7. The first-order valence-corrected chi connectivity index (χ1v) is 9.09. The summed E-state index contributed by atoms with van der Waals surface area (Å²) in [5.41, 5.74) is 1.84. The molecule has 114 valence electrons. The molecule has 1 atom stereocenters. The monoisotopic (exact) mass is 314 g/mol. The summed E-state index contributed by atoms with van der Waals surface area (Å²) in [6, 6.07) is 4.08. The van der Waals surface area contributed by atoms with Gasteiger partial charge in [-0.3, -0.25) is 4.21 Å². The van der Waals surface area contributed by atoms with E-state index in [2.05, 4.69) is 25.9 Å². The summed E-state index contributed by atoms with van der Waals surface area (Å²) in [5.74, 6) is 2.38. The van der Waals surface area contributed by atoms with E-state index in [4.69, 9.17) is 0 Å². The Kier molecular flexibility index (Phi) is 3.62. The number of aryl methyl sites for hydroxylation is 1. The van der Waals surface area contributed by atoms with Crippen LogP contribution in [0.5, 0.6) is 0 Å². The van der Waals surface area contributed by atoms with E-state index in [1.807, 2.05) is 12.3 Å². The number of rotatable bonds is 2. The minimum atomic E-state index is -0.917. The van der Waals surface area contributed by atoms with Crippen LogP contribution in [-0.2, 0) is 17.2 Å². The van der Waals surface area contributed by atoms with Gasteiger partial charge in [0.2, 0.25) is 0 Å². The average Bonchev–Trinajstić information content (AvgIpc) is 2.96. The van der Waals surface area contributed by atoms with Crippen LogP contribution < -0.4 is 4.90 Å². The highest BCUT2D eigenvalue weighted by Crippen LogP contribution is 2.24. The first-order chi connectivity index (χ1) is 10.8. The molecule has 0 aliphatic carbocycles. The van der Waals surface area contributed by atoms with Gasteiger partial charge < -0.3 is 4.90 Å². The van der Waals surface area contributed by atoms with Crippen LogP contribution in [0.4, 0.5) is 5.82 Å². The molecule has 2 aromatic rings. The molecule has 0 radical (unpaired) electrons. The van der Waals surface area contributed by atoms with Gasteiger partial charge in [0, 0.05) is 43.2 Å². The summed E-state index contributed by atoms with van der Waals surface area (Å²) in [4.78, 5) is 16.6. The highest BCUT2D eigenvalue weighted by atomic mass is 32.2. The zero-order valence-electron chi connectivity index (χ0n) is 12.4. The summed E-state index contributed by atoms with van der Waals surface area (Å²) >= 11 is 0. The average molecular weight is 314 g/mol. The van der Waals surface area contributed by atoms with E-state index in [9.17, 15) is 4.21 Å². The highest BCUT2D eigenvalue weighted by molar-refractivity contribution is 7.85. The fourth-order valence-electron chi connectivity index (χ4n) is 3.04. The van der Waals surface area contributed by atoms with E-state index in [1.165, 1.54) is 19.3 Å². The molecule has 1 unspecified atom stereocenters. The Morgan fingerprint density at radius 2 is 1.91 bits per heavy atom. The Morgan fingerprint density at radius 1 is 1.05 bits per heavy atom. The van der Waals surface area contributed by atoms with Crippen molar-refractivity contribution in [3.63, 3.8) is 0 Å². The van der Waals surface area contributed by atoms with Gasteiger partial charge in [-0.1, -0.05) is 0 Å². The molecule has 0 saturated carbocycles. The molecular formula is C16H18N4OS. The van der Waals surface area contributed by atoms with Gasteiger partial charge >= 0.3 is 0 Å². The van der Waals surface area contributed by atoms with E-state index in [-0.39, 0.29) is 0 Å². The predicted octanol–water partition coefficient (Wildman–Crippen LogP) is 2.19. The molecule has 4 heterocycles. The fraction of sp³-hybridized carbons (Fsp3) is 0.438. The van der Waals surface area contributed by atoms with Crippen LogP contribution >= 0.6 is 0 Å². The van der Waals surface area contributed by atoms with Gasteiger partial charge in [-0.2, -0.15) is 0 Å². The molecular weight excluding hydrogens is 296 g/mol. The quantitative estimate of drug-likeness (QED) is 0.850. The van der Waals surface area contributed by atoms with Crippen molar-refractivity contribution in [1.29, 1.82) is 0 Å².